The Balaban J connectivity index is 0.989. The predicted octanol–water partition coefficient (Wildman–Crippen LogP) is 3.97. The molecule has 1 aromatic heterocycles. The smallest absolute Gasteiger partial charge is 0.326 e. The van der Waals surface area contributed by atoms with Gasteiger partial charge in [-0.2, -0.15) is 0 Å². The average molecular weight is 467 g/mol. The number of fused-ring (bicyclic) bond motifs is 3. The third-order valence-corrected chi connectivity index (χ3v) is 7.63. The minimum atomic E-state index is -0.0244. The quantitative estimate of drug-likeness (QED) is 0.357. The van der Waals surface area contributed by atoms with Gasteiger partial charge in [0.05, 0.1) is 11.0 Å². The number of unbranched alkanes of at least 4 members (excludes halogenated alkanes) is 1. The average Bonchev–Trinajstić information content (AvgIpc) is 3.41. The molecule has 6 rings (SSSR count). The molecule has 1 aliphatic carbocycles. The van der Waals surface area contributed by atoms with Crippen molar-refractivity contribution in [1.82, 2.24) is 19.8 Å². The number of H-pyrrole nitrogens is 1. The number of benzene rings is 3. The van der Waals surface area contributed by atoms with E-state index in [1.54, 1.807) is 0 Å². The van der Waals surface area contributed by atoms with E-state index in [-0.39, 0.29) is 11.6 Å². The van der Waals surface area contributed by atoms with Crippen molar-refractivity contribution in [2.75, 3.05) is 20.1 Å². The third kappa shape index (κ3) is 3.98. The van der Waals surface area contributed by atoms with E-state index in [0.717, 1.165) is 48.8 Å². The highest BCUT2D eigenvalue weighted by Crippen LogP contribution is 2.36. The number of nitrogens with zero attached hydrogens (tertiary/aromatic N) is 2. The Labute approximate surface area is 204 Å². The van der Waals surface area contributed by atoms with Gasteiger partial charge in [0.15, 0.2) is 0 Å². The number of aromatic nitrogens is 2. The van der Waals surface area contributed by atoms with Gasteiger partial charge in [-0.15, -0.1) is 0 Å². The zero-order valence-corrected chi connectivity index (χ0v) is 20.0. The van der Waals surface area contributed by atoms with Crippen LogP contribution in [0.25, 0.3) is 22.2 Å². The topological polar surface area (TPSA) is 70.1 Å². The van der Waals surface area contributed by atoms with Gasteiger partial charge in [0, 0.05) is 24.7 Å². The van der Waals surface area contributed by atoms with E-state index in [9.17, 15) is 9.59 Å². The summed E-state index contributed by atoms with van der Waals surface area (Å²) < 4.78 is 1.88. The van der Waals surface area contributed by atoms with Crippen LogP contribution in [0.1, 0.15) is 39.9 Å². The summed E-state index contributed by atoms with van der Waals surface area (Å²) in [6.07, 6.45) is 3.76. The molecule has 0 fully saturated rings. The number of aromatic amines is 1. The van der Waals surface area contributed by atoms with E-state index in [2.05, 4.69) is 58.6 Å². The molecule has 6 heteroatoms. The molecule has 0 radical (unpaired) electrons. The van der Waals surface area contributed by atoms with Crippen LogP contribution in [0.5, 0.6) is 0 Å². The minimum absolute atomic E-state index is 0.00292. The maximum absolute atomic E-state index is 12.7. The first kappa shape index (κ1) is 21.9. The van der Waals surface area contributed by atoms with Crippen molar-refractivity contribution in [2.45, 2.75) is 38.3 Å². The lowest BCUT2D eigenvalue weighted by atomic mass is 9.99. The van der Waals surface area contributed by atoms with Crippen molar-refractivity contribution in [1.29, 1.82) is 0 Å². The van der Waals surface area contributed by atoms with Crippen LogP contribution >= 0.6 is 0 Å². The van der Waals surface area contributed by atoms with Crippen molar-refractivity contribution < 1.29 is 4.79 Å². The molecule has 1 amide bonds. The lowest BCUT2D eigenvalue weighted by molar-refractivity contribution is 0.0952. The standard InChI is InChI=1S/C29H30N4O2/c1-32(23-17-20-8-6-10-26-27(20)33(18-23)29(35)31-26)14-5-4-13-30-28(34)21-11-12-25-22(16-21)15-19-7-2-3-9-24(19)25/h2-3,6-12,16,23H,4-5,13-15,17-18H2,1H3,(H,30,34)(H,31,35)/t23-/m1/s1. The minimum Gasteiger partial charge on any atom is -0.352 e. The Hall–Kier alpha value is -3.64. The molecule has 0 spiro atoms. The molecular formula is C29H30N4O2. The number of carbonyl (C=O) groups is 1. The van der Waals surface area contributed by atoms with Crippen molar-refractivity contribution in [3.05, 3.63) is 93.4 Å². The molecule has 0 bridgehead atoms. The summed E-state index contributed by atoms with van der Waals surface area (Å²) in [7, 11) is 2.13. The maximum atomic E-state index is 12.7. The third-order valence-electron chi connectivity index (χ3n) is 7.63. The van der Waals surface area contributed by atoms with Gasteiger partial charge in [-0.05, 0) is 85.3 Å². The second kappa shape index (κ2) is 8.86. The van der Waals surface area contributed by atoms with E-state index in [1.165, 1.54) is 27.8 Å². The molecule has 1 aliphatic heterocycles. The Morgan fingerprint density at radius 3 is 2.77 bits per heavy atom. The van der Waals surface area contributed by atoms with Crippen LogP contribution in [0.2, 0.25) is 0 Å². The number of rotatable bonds is 7. The molecule has 1 atom stereocenters. The number of imidazole rings is 1. The summed E-state index contributed by atoms with van der Waals surface area (Å²) in [5, 5.41) is 3.09. The molecular weight excluding hydrogens is 436 g/mol. The van der Waals surface area contributed by atoms with Gasteiger partial charge in [0.25, 0.3) is 5.91 Å². The van der Waals surface area contributed by atoms with Crippen molar-refractivity contribution in [2.24, 2.45) is 0 Å². The van der Waals surface area contributed by atoms with Gasteiger partial charge in [-0.1, -0.05) is 42.5 Å². The molecule has 3 aromatic carbocycles. The fourth-order valence-corrected chi connectivity index (χ4v) is 5.72. The lowest BCUT2D eigenvalue weighted by Gasteiger charge is -2.31. The van der Waals surface area contributed by atoms with Gasteiger partial charge in [0.2, 0.25) is 0 Å². The van der Waals surface area contributed by atoms with E-state index < -0.39 is 0 Å². The highest BCUT2D eigenvalue weighted by molar-refractivity contribution is 5.95. The largest absolute Gasteiger partial charge is 0.352 e. The summed E-state index contributed by atoms with van der Waals surface area (Å²) in [5.41, 5.74) is 9.01. The van der Waals surface area contributed by atoms with Gasteiger partial charge in [-0.3, -0.25) is 9.36 Å². The molecule has 35 heavy (non-hydrogen) atoms. The van der Waals surface area contributed by atoms with E-state index in [0.29, 0.717) is 19.1 Å². The summed E-state index contributed by atoms with van der Waals surface area (Å²) in [6.45, 7) is 2.31. The fourth-order valence-electron chi connectivity index (χ4n) is 5.72. The monoisotopic (exact) mass is 466 g/mol. The number of para-hydroxylation sites is 1. The summed E-state index contributed by atoms with van der Waals surface area (Å²) in [5.74, 6) is -0.00292. The Morgan fingerprint density at radius 1 is 1.03 bits per heavy atom. The molecule has 0 unspecified atom stereocenters. The van der Waals surface area contributed by atoms with Gasteiger partial charge in [0.1, 0.15) is 0 Å². The number of nitrogens with one attached hydrogen (secondary N) is 2. The van der Waals surface area contributed by atoms with E-state index in [1.807, 2.05) is 28.8 Å². The van der Waals surface area contributed by atoms with Crippen LogP contribution < -0.4 is 11.0 Å². The van der Waals surface area contributed by atoms with Crippen LogP contribution in [0.4, 0.5) is 0 Å². The van der Waals surface area contributed by atoms with Crippen LogP contribution in [0.3, 0.4) is 0 Å². The molecule has 2 aliphatic rings. The fraction of sp³-hybridized carbons (Fsp3) is 0.310. The van der Waals surface area contributed by atoms with Crippen LogP contribution in [-0.2, 0) is 19.4 Å². The highest BCUT2D eigenvalue weighted by atomic mass is 16.2. The van der Waals surface area contributed by atoms with Gasteiger partial charge in [-0.25, -0.2) is 4.79 Å². The first-order valence-corrected chi connectivity index (χ1v) is 12.5. The SMILES string of the molecule is CN(CCCCNC(=O)c1ccc2c(c1)Cc1ccccc1-2)[C@@H]1Cc2cccc3[nH]c(=O)n(c23)C1. The Bertz CT molecular complexity index is 1480. The highest BCUT2D eigenvalue weighted by Gasteiger charge is 2.25. The molecule has 2 heterocycles. The molecule has 0 saturated heterocycles. The summed E-state index contributed by atoms with van der Waals surface area (Å²) in [4.78, 5) is 30.4. The van der Waals surface area contributed by atoms with Crippen molar-refractivity contribution >= 4 is 16.9 Å². The molecule has 2 N–H and O–H groups in total. The van der Waals surface area contributed by atoms with Crippen LogP contribution in [0.15, 0.2) is 65.5 Å². The maximum Gasteiger partial charge on any atom is 0.326 e. The number of hydrogen-bond donors (Lipinski definition) is 2. The normalized spacial score (nSPS) is 15.9. The zero-order chi connectivity index (χ0) is 23.9. The molecule has 6 nitrogen and oxygen atoms in total. The number of carbonyl (C=O) groups excluding carboxylic acids is 1. The lowest BCUT2D eigenvalue weighted by Crippen LogP contribution is -2.42. The predicted molar refractivity (Wildman–Crippen MR) is 139 cm³/mol. The molecule has 0 saturated carbocycles. The van der Waals surface area contributed by atoms with Crippen LogP contribution in [-0.4, -0.2) is 46.5 Å². The summed E-state index contributed by atoms with van der Waals surface area (Å²) in [6, 6.07) is 20.9. The first-order valence-electron chi connectivity index (χ1n) is 12.5. The Morgan fingerprint density at radius 2 is 1.86 bits per heavy atom. The van der Waals surface area contributed by atoms with Crippen molar-refractivity contribution in [3.63, 3.8) is 0 Å². The second-order valence-electron chi connectivity index (χ2n) is 9.86. The van der Waals surface area contributed by atoms with Crippen LogP contribution in [0, 0.1) is 0 Å². The number of likely N-dealkylation sites (N-methyl/N-ethyl adjacent to an activating group) is 1. The Kier molecular flexibility index (Phi) is 5.53. The van der Waals surface area contributed by atoms with E-state index in [4.69, 9.17) is 0 Å². The molecule has 4 aromatic rings. The van der Waals surface area contributed by atoms with Crippen molar-refractivity contribution in [3.8, 4) is 11.1 Å². The summed E-state index contributed by atoms with van der Waals surface area (Å²) >= 11 is 0. The van der Waals surface area contributed by atoms with Gasteiger partial charge >= 0.3 is 5.69 Å². The molecule has 178 valence electrons. The zero-order valence-electron chi connectivity index (χ0n) is 20.0. The van der Waals surface area contributed by atoms with E-state index >= 15 is 0 Å². The van der Waals surface area contributed by atoms with Gasteiger partial charge < -0.3 is 15.2 Å². The number of amides is 1. The first-order chi connectivity index (χ1) is 17.1. The second-order valence-corrected chi connectivity index (χ2v) is 9.86. The number of hydrogen-bond acceptors (Lipinski definition) is 3.